The van der Waals surface area contributed by atoms with E-state index < -0.39 is 38.4 Å². The first-order valence-corrected chi connectivity index (χ1v) is 14.5. The molecule has 0 heterocycles. The molecule has 3 aromatic carbocycles. The van der Waals surface area contributed by atoms with Crippen molar-refractivity contribution in [1.82, 2.24) is 5.32 Å². The van der Waals surface area contributed by atoms with Crippen LogP contribution in [-0.2, 0) is 24.7 Å². The molecule has 0 aromatic heterocycles. The molecule has 3 aromatic rings. The Hall–Kier alpha value is -2.88. The van der Waals surface area contributed by atoms with Gasteiger partial charge in [-0.3, -0.25) is 9.10 Å². The highest BCUT2D eigenvalue weighted by atomic mass is 35.5. The fraction of sp³-hybridized carbons (Fsp3) is 0.240. The summed E-state index contributed by atoms with van der Waals surface area (Å²) in [5, 5.41) is 3.17. The van der Waals surface area contributed by atoms with Gasteiger partial charge in [0.25, 0.3) is 10.0 Å². The first kappa shape index (κ1) is 26.7. The second kappa shape index (κ2) is 10.4. The monoisotopic (exact) mass is 534 g/mol. The molecule has 0 spiro atoms. The molecule has 0 aliphatic carbocycles. The quantitative estimate of drug-likeness (QED) is 0.460. The highest BCUT2D eigenvalue weighted by Gasteiger charge is 2.29. The highest BCUT2D eigenvalue weighted by molar-refractivity contribution is 7.93. The normalized spacial score (nSPS) is 12.7. The van der Waals surface area contributed by atoms with Crippen molar-refractivity contribution in [2.24, 2.45) is 0 Å². The number of carbonyl (C=O) groups excluding carboxylic acids is 1. The highest BCUT2D eigenvalue weighted by Crippen LogP contribution is 2.31. The van der Waals surface area contributed by atoms with Crippen LogP contribution in [0.2, 0.25) is 5.02 Å². The van der Waals surface area contributed by atoms with E-state index in [2.05, 4.69) is 5.32 Å². The molecule has 0 fully saturated rings. The first-order valence-electron chi connectivity index (χ1n) is 10.7. The number of aryl methyl sites for hydroxylation is 1. The topological polar surface area (TPSA) is 101 Å². The Bertz CT molecular complexity index is 1440. The lowest BCUT2D eigenvalue weighted by molar-refractivity contribution is -0.120. The molecule has 0 aliphatic rings. The number of benzene rings is 3. The lowest BCUT2D eigenvalue weighted by Crippen LogP contribution is -2.42. The minimum Gasteiger partial charge on any atom is -0.348 e. The summed E-state index contributed by atoms with van der Waals surface area (Å²) in [6.45, 7) is 4.81. The van der Waals surface area contributed by atoms with E-state index in [0.29, 0.717) is 21.8 Å². The van der Waals surface area contributed by atoms with Gasteiger partial charge in [0.15, 0.2) is 9.84 Å². The van der Waals surface area contributed by atoms with Crippen molar-refractivity contribution in [3.8, 4) is 0 Å². The third-order valence-electron chi connectivity index (χ3n) is 5.59. The zero-order valence-corrected chi connectivity index (χ0v) is 22.2. The van der Waals surface area contributed by atoms with Crippen LogP contribution >= 0.6 is 11.6 Å². The molecule has 1 N–H and O–H groups in total. The second-order valence-electron chi connectivity index (χ2n) is 8.34. The number of sulfonamides is 1. The Morgan fingerprint density at radius 3 is 2.06 bits per heavy atom. The van der Waals surface area contributed by atoms with Crippen LogP contribution in [-0.4, -0.2) is 35.5 Å². The molecule has 0 radical (unpaired) electrons. The number of anilines is 1. The van der Waals surface area contributed by atoms with E-state index in [1.54, 1.807) is 56.3 Å². The van der Waals surface area contributed by atoms with E-state index in [4.69, 9.17) is 11.6 Å². The van der Waals surface area contributed by atoms with Crippen LogP contribution in [0.25, 0.3) is 0 Å². The number of hydrogen-bond donors (Lipinski definition) is 1. The summed E-state index contributed by atoms with van der Waals surface area (Å²) in [7, 11) is -7.42. The third kappa shape index (κ3) is 6.22. The van der Waals surface area contributed by atoms with Crippen molar-refractivity contribution in [1.29, 1.82) is 0 Å². The minimum atomic E-state index is -4.08. The number of carbonyl (C=O) groups is 1. The number of amides is 1. The molecule has 0 saturated heterocycles. The third-order valence-corrected chi connectivity index (χ3v) is 8.90. The molecule has 35 heavy (non-hydrogen) atoms. The van der Waals surface area contributed by atoms with Crippen LogP contribution < -0.4 is 9.62 Å². The average Bonchev–Trinajstić information content (AvgIpc) is 2.79. The van der Waals surface area contributed by atoms with E-state index >= 15 is 0 Å². The molecule has 0 saturated carbocycles. The summed E-state index contributed by atoms with van der Waals surface area (Å²) in [4.78, 5) is 13.2. The molecule has 7 nitrogen and oxygen atoms in total. The van der Waals surface area contributed by atoms with Gasteiger partial charge in [-0.1, -0.05) is 47.5 Å². The van der Waals surface area contributed by atoms with E-state index in [9.17, 15) is 21.6 Å². The van der Waals surface area contributed by atoms with Gasteiger partial charge in [0.1, 0.15) is 6.54 Å². The molecule has 1 amide bonds. The van der Waals surface area contributed by atoms with Gasteiger partial charge in [0.05, 0.1) is 21.5 Å². The van der Waals surface area contributed by atoms with Gasteiger partial charge in [0, 0.05) is 11.3 Å². The van der Waals surface area contributed by atoms with Gasteiger partial charge >= 0.3 is 0 Å². The molecule has 1 atom stereocenters. The lowest BCUT2D eigenvalue weighted by Gasteiger charge is -2.27. The molecular weight excluding hydrogens is 508 g/mol. The maximum Gasteiger partial charge on any atom is 0.264 e. The first-order chi connectivity index (χ1) is 16.3. The van der Waals surface area contributed by atoms with Gasteiger partial charge in [-0.2, -0.15) is 0 Å². The van der Waals surface area contributed by atoms with Crippen LogP contribution in [0.5, 0.6) is 0 Å². The van der Waals surface area contributed by atoms with Crippen molar-refractivity contribution in [3.05, 3.63) is 88.4 Å². The number of rotatable bonds is 8. The van der Waals surface area contributed by atoms with Gasteiger partial charge in [-0.25, -0.2) is 16.8 Å². The summed E-state index contributed by atoms with van der Waals surface area (Å²) in [6, 6.07) is 17.0. The van der Waals surface area contributed by atoms with Gasteiger partial charge < -0.3 is 5.32 Å². The maximum atomic E-state index is 13.6. The summed E-state index contributed by atoms with van der Waals surface area (Å²) in [6.07, 6.45) is 1.12. The fourth-order valence-corrected chi connectivity index (χ4v) is 5.79. The van der Waals surface area contributed by atoms with Crippen molar-refractivity contribution in [2.75, 3.05) is 17.1 Å². The Morgan fingerprint density at radius 2 is 1.49 bits per heavy atom. The predicted octanol–water partition coefficient (Wildman–Crippen LogP) is 4.43. The summed E-state index contributed by atoms with van der Waals surface area (Å²) < 4.78 is 51.6. The molecule has 0 bridgehead atoms. The largest absolute Gasteiger partial charge is 0.348 e. The van der Waals surface area contributed by atoms with Crippen LogP contribution in [0, 0.1) is 13.8 Å². The maximum absolute atomic E-state index is 13.6. The number of halogens is 1. The Morgan fingerprint density at radius 1 is 0.914 bits per heavy atom. The zero-order chi connectivity index (χ0) is 26.0. The molecule has 0 aliphatic heterocycles. The number of sulfone groups is 1. The Labute approximate surface area is 211 Å². The average molecular weight is 535 g/mol. The molecular formula is C25H27ClN2O5S2. The number of nitrogens with one attached hydrogen (secondary N) is 1. The predicted molar refractivity (Wildman–Crippen MR) is 138 cm³/mol. The van der Waals surface area contributed by atoms with Crippen LogP contribution in [0.4, 0.5) is 5.69 Å². The summed E-state index contributed by atoms with van der Waals surface area (Å²) in [5.41, 5.74) is 2.42. The van der Waals surface area contributed by atoms with Crippen molar-refractivity contribution in [3.63, 3.8) is 0 Å². The standard InChI is InChI=1S/C25H27ClN2O5S2/c1-17-8-12-22(13-9-17)35(32,33)28(24-7-5-6-23(26)18(24)2)16-25(29)27-19(3)20-10-14-21(15-11-20)34(4,30)31/h5-15,19H,16H2,1-4H3,(H,27,29)/t19-/m0/s1. The van der Waals surface area contributed by atoms with Gasteiger partial charge in [-0.05, 0) is 68.3 Å². The summed E-state index contributed by atoms with van der Waals surface area (Å²) in [5.74, 6) is -0.528. The number of nitrogens with zero attached hydrogens (tertiary/aromatic N) is 1. The van der Waals surface area contributed by atoms with Crippen LogP contribution in [0.3, 0.4) is 0 Å². The molecule has 10 heteroatoms. The van der Waals surface area contributed by atoms with Crippen LogP contribution in [0.15, 0.2) is 76.5 Å². The van der Waals surface area contributed by atoms with Crippen molar-refractivity contribution < 1.29 is 21.6 Å². The Kier molecular flexibility index (Phi) is 7.93. The van der Waals surface area contributed by atoms with Crippen molar-refractivity contribution in [2.45, 2.75) is 36.6 Å². The van der Waals surface area contributed by atoms with E-state index in [1.807, 2.05) is 6.92 Å². The van der Waals surface area contributed by atoms with E-state index in [0.717, 1.165) is 16.1 Å². The molecule has 186 valence electrons. The Balaban J connectivity index is 1.91. The minimum absolute atomic E-state index is 0.0553. The van der Waals surface area contributed by atoms with Crippen LogP contribution in [0.1, 0.15) is 29.7 Å². The van der Waals surface area contributed by atoms with E-state index in [-0.39, 0.29) is 9.79 Å². The lowest BCUT2D eigenvalue weighted by atomic mass is 10.1. The summed E-state index contributed by atoms with van der Waals surface area (Å²) >= 11 is 6.26. The van der Waals surface area contributed by atoms with E-state index in [1.165, 1.54) is 24.3 Å². The molecule has 3 rings (SSSR count). The fourth-order valence-electron chi connectivity index (χ4n) is 3.51. The van der Waals surface area contributed by atoms with Gasteiger partial charge in [-0.15, -0.1) is 0 Å². The van der Waals surface area contributed by atoms with Crippen molar-refractivity contribution >= 4 is 43.1 Å². The number of hydrogen-bond acceptors (Lipinski definition) is 5. The SMILES string of the molecule is Cc1ccc(S(=O)(=O)N(CC(=O)N[C@@H](C)c2ccc(S(C)(=O)=O)cc2)c2cccc(Cl)c2C)cc1. The smallest absolute Gasteiger partial charge is 0.264 e. The second-order valence-corrected chi connectivity index (χ2v) is 12.6. The molecule has 0 unspecified atom stereocenters. The zero-order valence-electron chi connectivity index (χ0n) is 19.8. The van der Waals surface area contributed by atoms with Gasteiger partial charge in [0.2, 0.25) is 5.91 Å².